The van der Waals surface area contributed by atoms with Crippen LogP contribution in [0.2, 0.25) is 0 Å². The molecule has 1 N–H and O–H groups in total. The van der Waals surface area contributed by atoms with Crippen molar-refractivity contribution in [2.24, 2.45) is 0 Å². The van der Waals surface area contributed by atoms with Gasteiger partial charge in [-0.2, -0.15) is 0 Å². The van der Waals surface area contributed by atoms with E-state index >= 15 is 0 Å². The van der Waals surface area contributed by atoms with Crippen LogP contribution in [-0.4, -0.2) is 66.2 Å². The largest absolute Gasteiger partial charge is 0.344 e. The number of carbonyl (C=O) groups excluding carboxylic acids is 3. The molecule has 1 saturated heterocycles. The number of carbonyl (C=O) groups is 3. The first-order chi connectivity index (χ1) is 14.5. The molecular formula is C24H37N3O3. The molecule has 0 saturated carbocycles. The summed E-state index contributed by atoms with van der Waals surface area (Å²) < 4.78 is 0. The van der Waals surface area contributed by atoms with Gasteiger partial charge in [0, 0.05) is 39.0 Å². The Morgan fingerprint density at radius 1 is 0.967 bits per heavy atom. The average Bonchev–Trinajstić information content (AvgIpc) is 2.78. The molecule has 1 atom stereocenters. The van der Waals surface area contributed by atoms with Gasteiger partial charge in [0.05, 0.1) is 6.42 Å². The molecule has 1 aliphatic rings. The molecule has 30 heavy (non-hydrogen) atoms. The summed E-state index contributed by atoms with van der Waals surface area (Å²) in [5.74, 6) is 0.192. The number of amides is 2. The summed E-state index contributed by atoms with van der Waals surface area (Å²) in [4.78, 5) is 41.4. The summed E-state index contributed by atoms with van der Waals surface area (Å²) in [6.07, 6.45) is 4.66. The molecule has 1 aromatic rings. The highest BCUT2D eigenvalue weighted by Crippen LogP contribution is 2.12. The topological polar surface area (TPSA) is 69.7 Å². The first kappa shape index (κ1) is 24.1. The Morgan fingerprint density at radius 2 is 1.67 bits per heavy atom. The molecule has 0 unspecified atom stereocenters. The van der Waals surface area contributed by atoms with E-state index in [-0.39, 0.29) is 24.0 Å². The number of unbranched alkanes of at least 4 members (excludes halogenated alkanes) is 2. The third-order valence-electron chi connectivity index (χ3n) is 5.81. The van der Waals surface area contributed by atoms with Gasteiger partial charge < -0.3 is 15.1 Å². The Balaban J connectivity index is 1.90. The van der Waals surface area contributed by atoms with Gasteiger partial charge in [0.25, 0.3) is 0 Å². The standard InChI is InChI=1S/C24H37N3O3/c1-3-21(28)13-9-6-10-14-22(24(30)27-17-15-26(4-2)16-18-27)25-23(29)19-20-11-7-5-8-12-20/h5,7-8,11-12,22H,3-4,6,9-10,13-19H2,1-2H3,(H,25,29)/t22-/m0/s1. The lowest BCUT2D eigenvalue weighted by Crippen LogP contribution is -2.55. The van der Waals surface area contributed by atoms with Crippen molar-refractivity contribution in [2.45, 2.75) is 64.8 Å². The Labute approximate surface area is 181 Å². The molecule has 6 heteroatoms. The number of nitrogens with one attached hydrogen (secondary N) is 1. The van der Waals surface area contributed by atoms with Crippen LogP contribution >= 0.6 is 0 Å². The second-order valence-electron chi connectivity index (χ2n) is 8.03. The zero-order valence-corrected chi connectivity index (χ0v) is 18.6. The third kappa shape index (κ3) is 8.27. The van der Waals surface area contributed by atoms with E-state index in [0.29, 0.717) is 32.4 Å². The van der Waals surface area contributed by atoms with Crippen molar-refractivity contribution in [1.82, 2.24) is 15.1 Å². The Morgan fingerprint density at radius 3 is 2.30 bits per heavy atom. The molecule has 1 heterocycles. The smallest absolute Gasteiger partial charge is 0.245 e. The fraction of sp³-hybridized carbons (Fsp3) is 0.625. The molecular weight excluding hydrogens is 378 g/mol. The maximum atomic E-state index is 13.1. The van der Waals surface area contributed by atoms with Gasteiger partial charge >= 0.3 is 0 Å². The monoisotopic (exact) mass is 415 g/mol. The van der Waals surface area contributed by atoms with Gasteiger partial charge in [-0.3, -0.25) is 14.4 Å². The number of hydrogen-bond acceptors (Lipinski definition) is 4. The van der Waals surface area contributed by atoms with Crippen LogP contribution in [0.1, 0.15) is 57.9 Å². The van der Waals surface area contributed by atoms with E-state index in [0.717, 1.165) is 44.5 Å². The summed E-state index contributed by atoms with van der Waals surface area (Å²) in [5.41, 5.74) is 0.941. The van der Waals surface area contributed by atoms with Crippen LogP contribution in [0.4, 0.5) is 0 Å². The van der Waals surface area contributed by atoms with E-state index in [1.807, 2.05) is 42.2 Å². The first-order valence-electron chi connectivity index (χ1n) is 11.4. The van der Waals surface area contributed by atoms with Crippen molar-refractivity contribution in [2.75, 3.05) is 32.7 Å². The summed E-state index contributed by atoms with van der Waals surface area (Å²) in [6.45, 7) is 8.20. The van der Waals surface area contributed by atoms with E-state index < -0.39 is 6.04 Å². The minimum Gasteiger partial charge on any atom is -0.344 e. The van der Waals surface area contributed by atoms with Crippen molar-refractivity contribution in [3.63, 3.8) is 0 Å². The van der Waals surface area contributed by atoms with Crippen molar-refractivity contribution < 1.29 is 14.4 Å². The second-order valence-corrected chi connectivity index (χ2v) is 8.03. The molecule has 0 aliphatic carbocycles. The van der Waals surface area contributed by atoms with Crippen LogP contribution in [0.15, 0.2) is 30.3 Å². The van der Waals surface area contributed by atoms with Crippen molar-refractivity contribution >= 4 is 17.6 Å². The maximum Gasteiger partial charge on any atom is 0.245 e. The number of piperazine rings is 1. The highest BCUT2D eigenvalue weighted by molar-refractivity contribution is 5.88. The second kappa shape index (κ2) is 13.2. The number of ketones is 1. The quantitative estimate of drug-likeness (QED) is 0.533. The lowest BCUT2D eigenvalue weighted by molar-refractivity contribution is -0.138. The number of nitrogens with zero attached hydrogens (tertiary/aromatic N) is 2. The van der Waals surface area contributed by atoms with E-state index in [4.69, 9.17) is 0 Å². The summed E-state index contributed by atoms with van der Waals surface area (Å²) in [6, 6.07) is 9.10. The molecule has 1 aliphatic heterocycles. The molecule has 2 rings (SSSR count). The van der Waals surface area contributed by atoms with Gasteiger partial charge in [0.1, 0.15) is 11.8 Å². The zero-order chi connectivity index (χ0) is 21.8. The number of hydrogen-bond donors (Lipinski definition) is 1. The number of benzene rings is 1. The molecule has 0 bridgehead atoms. The van der Waals surface area contributed by atoms with Crippen LogP contribution in [0, 0.1) is 0 Å². The molecule has 2 amide bonds. The highest BCUT2D eigenvalue weighted by Gasteiger charge is 2.28. The highest BCUT2D eigenvalue weighted by atomic mass is 16.2. The Kier molecular flexibility index (Phi) is 10.6. The number of rotatable bonds is 12. The van der Waals surface area contributed by atoms with Gasteiger partial charge in [0.2, 0.25) is 11.8 Å². The average molecular weight is 416 g/mol. The molecule has 0 aromatic heterocycles. The van der Waals surface area contributed by atoms with Crippen molar-refractivity contribution in [3.05, 3.63) is 35.9 Å². The predicted octanol–water partition coefficient (Wildman–Crippen LogP) is 2.81. The molecule has 0 spiro atoms. The summed E-state index contributed by atoms with van der Waals surface area (Å²) >= 11 is 0. The van der Waals surface area contributed by atoms with Crippen molar-refractivity contribution in [1.29, 1.82) is 0 Å². The van der Waals surface area contributed by atoms with Gasteiger partial charge in [-0.05, 0) is 24.9 Å². The normalized spacial score (nSPS) is 15.6. The fourth-order valence-electron chi connectivity index (χ4n) is 3.81. The SMILES string of the molecule is CCC(=O)CCCCC[C@H](NC(=O)Cc1ccccc1)C(=O)N1CCN(CC)CC1. The van der Waals surface area contributed by atoms with E-state index in [1.165, 1.54) is 0 Å². The minimum atomic E-state index is -0.490. The lowest BCUT2D eigenvalue weighted by Gasteiger charge is -2.36. The molecule has 1 fully saturated rings. The summed E-state index contributed by atoms with van der Waals surface area (Å²) in [5, 5.41) is 2.99. The third-order valence-corrected chi connectivity index (χ3v) is 5.81. The van der Waals surface area contributed by atoms with Crippen LogP contribution in [0.5, 0.6) is 0 Å². The van der Waals surface area contributed by atoms with Crippen molar-refractivity contribution in [3.8, 4) is 0 Å². The Hall–Kier alpha value is -2.21. The lowest BCUT2D eigenvalue weighted by atomic mass is 10.0. The zero-order valence-electron chi connectivity index (χ0n) is 18.6. The van der Waals surface area contributed by atoms with Crippen LogP contribution in [0.3, 0.4) is 0 Å². The minimum absolute atomic E-state index is 0.0248. The van der Waals surface area contributed by atoms with Crippen LogP contribution in [0.25, 0.3) is 0 Å². The first-order valence-corrected chi connectivity index (χ1v) is 11.4. The molecule has 166 valence electrons. The van der Waals surface area contributed by atoms with E-state index in [1.54, 1.807) is 0 Å². The molecule has 0 radical (unpaired) electrons. The molecule has 6 nitrogen and oxygen atoms in total. The fourth-order valence-corrected chi connectivity index (χ4v) is 3.81. The summed E-state index contributed by atoms with van der Waals surface area (Å²) in [7, 11) is 0. The van der Waals surface area contributed by atoms with Crippen LogP contribution in [-0.2, 0) is 20.8 Å². The van der Waals surface area contributed by atoms with E-state index in [2.05, 4.69) is 17.1 Å². The predicted molar refractivity (Wildman–Crippen MR) is 119 cm³/mol. The number of likely N-dealkylation sites (N-methyl/N-ethyl adjacent to an activating group) is 1. The molecule has 1 aromatic carbocycles. The number of Topliss-reactive ketones (excluding diaryl/α,β-unsaturated/α-hetero) is 1. The van der Waals surface area contributed by atoms with Crippen LogP contribution < -0.4 is 5.32 Å². The maximum absolute atomic E-state index is 13.1. The van der Waals surface area contributed by atoms with Gasteiger partial charge in [0.15, 0.2) is 0 Å². The van der Waals surface area contributed by atoms with Gasteiger partial charge in [-0.15, -0.1) is 0 Å². The van der Waals surface area contributed by atoms with Gasteiger partial charge in [-0.25, -0.2) is 0 Å². The van der Waals surface area contributed by atoms with E-state index in [9.17, 15) is 14.4 Å². The Bertz CT molecular complexity index is 670. The van der Waals surface area contributed by atoms with Gasteiger partial charge in [-0.1, -0.05) is 57.0 Å².